The van der Waals surface area contributed by atoms with Crippen molar-refractivity contribution in [3.05, 3.63) is 222 Å². The van der Waals surface area contributed by atoms with Crippen molar-refractivity contribution in [2.45, 2.75) is 5.41 Å². The van der Waals surface area contributed by atoms with Gasteiger partial charge in [0.15, 0.2) is 0 Å². The van der Waals surface area contributed by atoms with Crippen molar-refractivity contribution in [1.29, 1.82) is 0 Å². The molecule has 2 aromatic heterocycles. The van der Waals surface area contributed by atoms with Gasteiger partial charge in [-0.1, -0.05) is 176 Å². The zero-order chi connectivity index (χ0) is 33.3. The Hall–Kier alpha value is -6.58. The van der Waals surface area contributed by atoms with Gasteiger partial charge in [-0.3, -0.25) is 4.57 Å². The molecule has 0 aliphatic heterocycles. The van der Waals surface area contributed by atoms with Crippen molar-refractivity contribution in [3.63, 3.8) is 0 Å². The van der Waals surface area contributed by atoms with Gasteiger partial charge in [-0.05, 0) is 46.5 Å². The maximum Gasteiger partial charge on any atom is 0.235 e. The molecule has 0 fully saturated rings. The summed E-state index contributed by atoms with van der Waals surface area (Å²) in [6.07, 6.45) is 0. The second-order valence-corrected chi connectivity index (χ2v) is 12.6. The summed E-state index contributed by atoms with van der Waals surface area (Å²) < 4.78 is 2.22. The monoisotopic (exact) mass is 639 g/mol. The third kappa shape index (κ3) is 4.91. The van der Waals surface area contributed by atoms with Crippen LogP contribution in [0, 0.1) is 0 Å². The Morgan fingerprint density at radius 3 is 1.26 bits per heavy atom. The molecule has 50 heavy (non-hydrogen) atoms. The smallest absolute Gasteiger partial charge is 0.235 e. The Balaban J connectivity index is 1.34. The molecular formula is C47H33N3. The first kappa shape index (κ1) is 29.6. The van der Waals surface area contributed by atoms with Crippen LogP contribution >= 0.6 is 0 Å². The lowest BCUT2D eigenvalue weighted by Crippen LogP contribution is -2.30. The Labute approximate surface area is 291 Å². The van der Waals surface area contributed by atoms with E-state index in [4.69, 9.17) is 9.97 Å². The fourth-order valence-corrected chi connectivity index (χ4v) is 7.53. The van der Waals surface area contributed by atoms with Crippen molar-refractivity contribution in [2.75, 3.05) is 0 Å². The number of hydrogen-bond donors (Lipinski definition) is 0. The lowest BCUT2D eigenvalue weighted by atomic mass is 9.65. The van der Waals surface area contributed by atoms with Crippen LogP contribution in [0.25, 0.3) is 50.3 Å². The predicted octanol–water partition coefficient (Wildman–Crippen LogP) is 11.3. The van der Waals surface area contributed by atoms with Crippen LogP contribution in [0.5, 0.6) is 0 Å². The van der Waals surface area contributed by atoms with E-state index in [1.807, 2.05) is 12.1 Å². The van der Waals surface area contributed by atoms with Crippen molar-refractivity contribution in [2.24, 2.45) is 0 Å². The van der Waals surface area contributed by atoms with Crippen LogP contribution < -0.4 is 0 Å². The summed E-state index contributed by atoms with van der Waals surface area (Å²) >= 11 is 0. The van der Waals surface area contributed by atoms with Crippen LogP contribution in [0.3, 0.4) is 0 Å². The summed E-state index contributed by atoms with van der Waals surface area (Å²) in [6.45, 7) is 0. The fraction of sp³-hybridized carbons (Fsp3) is 0.0213. The number of nitrogens with zero attached hydrogens (tertiary/aromatic N) is 3. The minimum atomic E-state index is -0.550. The highest BCUT2D eigenvalue weighted by Crippen LogP contribution is 2.46. The number of aromatic nitrogens is 3. The zero-order valence-electron chi connectivity index (χ0n) is 27.4. The first-order valence-electron chi connectivity index (χ1n) is 17.0. The van der Waals surface area contributed by atoms with E-state index in [0.29, 0.717) is 5.95 Å². The van der Waals surface area contributed by atoms with Crippen molar-refractivity contribution in [1.82, 2.24) is 14.5 Å². The van der Waals surface area contributed by atoms with Gasteiger partial charge in [0, 0.05) is 21.9 Å². The van der Waals surface area contributed by atoms with E-state index in [2.05, 4.69) is 193 Å². The second-order valence-electron chi connectivity index (χ2n) is 12.6. The SMILES string of the molecule is c1ccc(-c2cc(-c3ccccc3)nc(-n3c4ccccc4c4cc(C(c5ccccc5)(c5ccccc5)c5ccccc5)ccc43)n2)cc1. The minimum Gasteiger partial charge on any atom is -0.278 e. The van der Waals surface area contributed by atoms with Crippen LogP contribution in [-0.2, 0) is 5.41 Å². The number of hydrogen-bond acceptors (Lipinski definition) is 2. The minimum absolute atomic E-state index is 0.550. The molecule has 0 atom stereocenters. The van der Waals surface area contributed by atoms with Gasteiger partial charge in [0.1, 0.15) is 0 Å². The molecule has 9 rings (SSSR count). The van der Waals surface area contributed by atoms with Crippen molar-refractivity contribution >= 4 is 21.8 Å². The van der Waals surface area contributed by atoms with E-state index in [-0.39, 0.29) is 0 Å². The van der Waals surface area contributed by atoms with E-state index < -0.39 is 5.41 Å². The standard InChI is InChI=1S/C47H33N3/c1-6-18-34(19-7-1)42-33-43(35-20-8-2-9-21-35)49-46(48-42)50-44-29-17-16-28-40(44)41-32-39(30-31-45(41)50)47(36-22-10-3-11-23-36,37-24-12-4-13-25-37)38-26-14-5-15-27-38/h1-33H. The summed E-state index contributed by atoms with van der Waals surface area (Å²) in [5.41, 5.74) is 10.3. The second kappa shape index (κ2) is 12.5. The summed E-state index contributed by atoms with van der Waals surface area (Å²) in [7, 11) is 0. The van der Waals surface area contributed by atoms with Crippen LogP contribution in [0.1, 0.15) is 22.3 Å². The maximum atomic E-state index is 5.24. The average molecular weight is 640 g/mol. The normalized spacial score (nSPS) is 11.6. The average Bonchev–Trinajstić information content (AvgIpc) is 3.54. The lowest BCUT2D eigenvalue weighted by Gasteiger charge is -2.37. The Kier molecular flexibility index (Phi) is 7.37. The third-order valence-corrected chi connectivity index (χ3v) is 9.78. The van der Waals surface area contributed by atoms with Gasteiger partial charge in [-0.25, -0.2) is 9.97 Å². The Morgan fingerprint density at radius 1 is 0.340 bits per heavy atom. The van der Waals surface area contributed by atoms with Gasteiger partial charge in [-0.2, -0.15) is 0 Å². The number of rotatable bonds is 7. The molecule has 7 aromatic carbocycles. The third-order valence-electron chi connectivity index (χ3n) is 9.78. The fourth-order valence-electron chi connectivity index (χ4n) is 7.53. The molecule has 0 aliphatic rings. The summed E-state index contributed by atoms with van der Waals surface area (Å²) in [6, 6.07) is 71.0. The van der Waals surface area contributed by atoms with E-state index in [9.17, 15) is 0 Å². The van der Waals surface area contributed by atoms with Crippen LogP contribution in [0.4, 0.5) is 0 Å². The number of fused-ring (bicyclic) bond motifs is 3. The first-order valence-corrected chi connectivity index (χ1v) is 17.0. The van der Waals surface area contributed by atoms with Crippen molar-refractivity contribution in [3.8, 4) is 28.5 Å². The van der Waals surface area contributed by atoms with E-state index in [0.717, 1.165) is 44.3 Å². The lowest BCUT2D eigenvalue weighted by molar-refractivity contribution is 0.746. The van der Waals surface area contributed by atoms with E-state index in [1.165, 1.54) is 22.3 Å². The van der Waals surface area contributed by atoms with Gasteiger partial charge in [0.2, 0.25) is 5.95 Å². The van der Waals surface area contributed by atoms with Gasteiger partial charge in [-0.15, -0.1) is 0 Å². The number of benzene rings is 7. The molecule has 9 aromatic rings. The summed E-state index contributed by atoms with van der Waals surface area (Å²) in [4.78, 5) is 10.5. The molecule has 0 radical (unpaired) electrons. The van der Waals surface area contributed by atoms with Crippen LogP contribution in [-0.4, -0.2) is 14.5 Å². The summed E-state index contributed by atoms with van der Waals surface area (Å²) in [5.74, 6) is 0.643. The molecule has 0 saturated carbocycles. The Bertz CT molecular complexity index is 2410. The Morgan fingerprint density at radius 2 is 0.760 bits per heavy atom. The predicted molar refractivity (Wildman–Crippen MR) is 206 cm³/mol. The summed E-state index contributed by atoms with van der Waals surface area (Å²) in [5, 5.41) is 2.31. The molecule has 3 heteroatoms. The van der Waals surface area contributed by atoms with Crippen LogP contribution in [0.15, 0.2) is 200 Å². The van der Waals surface area contributed by atoms with Gasteiger partial charge >= 0.3 is 0 Å². The molecule has 0 aliphatic carbocycles. The van der Waals surface area contributed by atoms with Gasteiger partial charge < -0.3 is 0 Å². The zero-order valence-corrected chi connectivity index (χ0v) is 27.4. The highest BCUT2D eigenvalue weighted by atomic mass is 15.2. The molecule has 2 heterocycles. The molecule has 0 N–H and O–H groups in total. The molecule has 0 bridgehead atoms. The van der Waals surface area contributed by atoms with Gasteiger partial charge in [0.25, 0.3) is 0 Å². The van der Waals surface area contributed by atoms with Crippen LogP contribution in [0.2, 0.25) is 0 Å². The highest BCUT2D eigenvalue weighted by molar-refractivity contribution is 6.09. The van der Waals surface area contributed by atoms with Crippen molar-refractivity contribution < 1.29 is 0 Å². The maximum absolute atomic E-state index is 5.24. The first-order chi connectivity index (χ1) is 24.8. The largest absolute Gasteiger partial charge is 0.278 e. The molecule has 0 spiro atoms. The molecular weight excluding hydrogens is 607 g/mol. The van der Waals surface area contributed by atoms with E-state index in [1.54, 1.807) is 0 Å². The molecule has 3 nitrogen and oxygen atoms in total. The number of para-hydroxylation sites is 1. The highest BCUT2D eigenvalue weighted by Gasteiger charge is 2.38. The molecule has 0 amide bonds. The topological polar surface area (TPSA) is 30.7 Å². The quantitative estimate of drug-likeness (QED) is 0.162. The molecule has 0 unspecified atom stereocenters. The molecule has 0 saturated heterocycles. The van der Waals surface area contributed by atoms with E-state index >= 15 is 0 Å². The molecule has 236 valence electrons. The van der Waals surface area contributed by atoms with Gasteiger partial charge in [0.05, 0.1) is 27.8 Å².